The molecular formula is C23H20F3N5O4. The van der Waals surface area contributed by atoms with Crippen molar-refractivity contribution in [1.82, 2.24) is 19.9 Å². The number of aliphatic hydroxyl groups is 1. The number of hydrogen-bond donors (Lipinski definition) is 4. The molecular weight excluding hydrogens is 467 g/mol. The highest BCUT2D eigenvalue weighted by Crippen LogP contribution is 2.50. The molecule has 0 radical (unpaired) electrons. The standard InChI is InChI=1S/C23H20F3N5O4/c1-12-9-17(35-2)18(14-5-7-31(19(12)14)21(33)34)22(23(24,25)26,28-6-8-32)20-29-15-4-3-13(11-27)10-16(15)30-20/h3-5,7,9-10,28,32H,6,8H2,1-2H3,(H,29,30)(H,33,34). The fourth-order valence-electron chi connectivity index (χ4n) is 4.38. The fraction of sp³-hybridized carbons (Fsp3) is 0.261. The number of carbonyl (C=O) groups is 1. The van der Waals surface area contributed by atoms with E-state index in [0.717, 1.165) is 10.8 Å². The predicted molar refractivity (Wildman–Crippen MR) is 119 cm³/mol. The monoisotopic (exact) mass is 487 g/mol. The Hall–Kier alpha value is -4.08. The van der Waals surface area contributed by atoms with Gasteiger partial charge >= 0.3 is 12.3 Å². The van der Waals surface area contributed by atoms with Gasteiger partial charge in [0.1, 0.15) is 11.6 Å². The number of fused-ring (bicyclic) bond motifs is 2. The van der Waals surface area contributed by atoms with Crippen LogP contribution in [0.1, 0.15) is 22.5 Å². The van der Waals surface area contributed by atoms with E-state index in [4.69, 9.17) is 4.74 Å². The third kappa shape index (κ3) is 3.65. The Morgan fingerprint density at radius 3 is 2.66 bits per heavy atom. The van der Waals surface area contributed by atoms with Crippen molar-refractivity contribution in [2.45, 2.75) is 18.6 Å². The molecule has 0 aliphatic heterocycles. The van der Waals surface area contributed by atoms with Gasteiger partial charge in [-0.05, 0) is 42.8 Å². The van der Waals surface area contributed by atoms with Crippen molar-refractivity contribution in [3.05, 3.63) is 59.0 Å². The minimum atomic E-state index is -5.05. The minimum absolute atomic E-state index is 0.0230. The number of aliphatic hydroxyl groups excluding tert-OH is 1. The van der Waals surface area contributed by atoms with Gasteiger partial charge in [0.05, 0.1) is 41.9 Å². The Labute approximate surface area is 196 Å². The van der Waals surface area contributed by atoms with Crippen LogP contribution in [0.25, 0.3) is 21.9 Å². The summed E-state index contributed by atoms with van der Waals surface area (Å²) in [5.41, 5.74) is -2.42. The number of methoxy groups -OCH3 is 1. The largest absolute Gasteiger partial charge is 0.496 e. The van der Waals surface area contributed by atoms with Gasteiger partial charge in [-0.1, -0.05) is 0 Å². The van der Waals surface area contributed by atoms with Crippen molar-refractivity contribution in [1.29, 1.82) is 5.26 Å². The second-order valence-corrected chi connectivity index (χ2v) is 7.83. The number of imidazole rings is 1. The summed E-state index contributed by atoms with van der Waals surface area (Å²) in [5.74, 6) is -0.714. The van der Waals surface area contributed by atoms with Crippen LogP contribution in [0.15, 0.2) is 36.5 Å². The number of rotatable bonds is 6. The number of alkyl halides is 3. The van der Waals surface area contributed by atoms with Crippen molar-refractivity contribution in [3.8, 4) is 11.8 Å². The van der Waals surface area contributed by atoms with Crippen molar-refractivity contribution in [2.24, 2.45) is 0 Å². The average Bonchev–Trinajstić information content (AvgIpc) is 3.44. The van der Waals surface area contributed by atoms with Crippen LogP contribution in [0.5, 0.6) is 5.75 Å². The Morgan fingerprint density at radius 2 is 2.06 bits per heavy atom. The van der Waals surface area contributed by atoms with E-state index in [1.54, 1.807) is 6.92 Å². The first-order valence-corrected chi connectivity index (χ1v) is 10.3. The molecule has 1 unspecified atom stereocenters. The molecule has 1 atom stereocenters. The molecule has 0 aliphatic rings. The number of nitrogens with one attached hydrogen (secondary N) is 2. The predicted octanol–water partition coefficient (Wildman–Crippen LogP) is 3.62. The fourth-order valence-corrected chi connectivity index (χ4v) is 4.38. The second-order valence-electron chi connectivity index (χ2n) is 7.83. The van der Waals surface area contributed by atoms with E-state index in [2.05, 4.69) is 15.3 Å². The zero-order valence-corrected chi connectivity index (χ0v) is 18.6. The van der Waals surface area contributed by atoms with Gasteiger partial charge in [-0.2, -0.15) is 18.4 Å². The van der Waals surface area contributed by atoms with Crippen LogP contribution < -0.4 is 10.1 Å². The maximum absolute atomic E-state index is 15.2. The molecule has 4 aromatic rings. The van der Waals surface area contributed by atoms with Gasteiger partial charge < -0.3 is 19.9 Å². The van der Waals surface area contributed by atoms with E-state index in [-0.39, 0.29) is 33.2 Å². The van der Waals surface area contributed by atoms with E-state index in [1.165, 1.54) is 37.4 Å². The molecule has 35 heavy (non-hydrogen) atoms. The topological polar surface area (TPSA) is 136 Å². The highest BCUT2D eigenvalue weighted by molar-refractivity contribution is 5.96. The molecule has 182 valence electrons. The quantitative estimate of drug-likeness (QED) is 0.326. The van der Waals surface area contributed by atoms with E-state index in [1.807, 2.05) is 6.07 Å². The molecule has 0 saturated heterocycles. The number of aromatic nitrogens is 3. The molecule has 12 heteroatoms. The number of ether oxygens (including phenoxy) is 1. The summed E-state index contributed by atoms with van der Waals surface area (Å²) < 4.78 is 51.9. The average molecular weight is 487 g/mol. The van der Waals surface area contributed by atoms with Crippen LogP contribution in [0, 0.1) is 18.3 Å². The van der Waals surface area contributed by atoms with Crippen molar-refractivity contribution >= 4 is 28.0 Å². The molecule has 0 spiro atoms. The molecule has 4 N–H and O–H groups in total. The summed E-state index contributed by atoms with van der Waals surface area (Å²) in [4.78, 5) is 18.7. The molecule has 0 amide bonds. The third-order valence-electron chi connectivity index (χ3n) is 5.82. The first kappa shape index (κ1) is 24.1. The van der Waals surface area contributed by atoms with E-state index in [9.17, 15) is 20.3 Å². The summed E-state index contributed by atoms with van der Waals surface area (Å²) >= 11 is 0. The normalized spacial score (nSPS) is 13.6. The number of H-pyrrole nitrogens is 1. The molecule has 0 saturated carbocycles. The van der Waals surface area contributed by atoms with Gasteiger partial charge in [0, 0.05) is 23.7 Å². The Kier molecular flexibility index (Phi) is 5.92. The van der Waals surface area contributed by atoms with Crippen molar-refractivity contribution in [2.75, 3.05) is 20.3 Å². The zero-order chi connectivity index (χ0) is 25.5. The van der Waals surface area contributed by atoms with Gasteiger partial charge in [-0.25, -0.2) is 9.78 Å². The van der Waals surface area contributed by atoms with Gasteiger partial charge in [0.25, 0.3) is 0 Å². The zero-order valence-electron chi connectivity index (χ0n) is 18.6. The number of carboxylic acid groups (broad SMARTS) is 1. The summed E-state index contributed by atoms with van der Waals surface area (Å²) in [6.07, 6.45) is -5.25. The van der Waals surface area contributed by atoms with Crippen LogP contribution in [-0.4, -0.2) is 57.3 Å². The lowest BCUT2D eigenvalue weighted by atomic mass is 9.84. The Bertz CT molecular complexity index is 1480. The first-order chi connectivity index (χ1) is 16.6. The molecule has 4 rings (SSSR count). The second kappa shape index (κ2) is 8.61. The minimum Gasteiger partial charge on any atom is -0.496 e. The molecule has 0 aliphatic carbocycles. The lowest BCUT2D eigenvalue weighted by Crippen LogP contribution is -2.56. The summed E-state index contributed by atoms with van der Waals surface area (Å²) in [6.45, 7) is 0.470. The molecule has 0 bridgehead atoms. The number of nitrogens with zero attached hydrogens (tertiary/aromatic N) is 3. The van der Waals surface area contributed by atoms with Gasteiger partial charge in [0.15, 0.2) is 0 Å². The molecule has 2 aromatic heterocycles. The number of nitriles is 1. The number of benzene rings is 2. The van der Waals surface area contributed by atoms with Crippen LogP contribution in [-0.2, 0) is 5.54 Å². The molecule has 2 aromatic carbocycles. The van der Waals surface area contributed by atoms with E-state index < -0.39 is 42.3 Å². The summed E-state index contributed by atoms with van der Waals surface area (Å²) in [6, 6.07) is 8.76. The van der Waals surface area contributed by atoms with Crippen molar-refractivity contribution in [3.63, 3.8) is 0 Å². The van der Waals surface area contributed by atoms with E-state index in [0.29, 0.717) is 5.56 Å². The van der Waals surface area contributed by atoms with E-state index >= 15 is 13.2 Å². The molecule has 9 nitrogen and oxygen atoms in total. The SMILES string of the molecule is COc1cc(C)c2c(ccn2C(=O)O)c1C(NCCO)(c1nc2cc(C#N)ccc2[nH]1)C(F)(F)F. The smallest absolute Gasteiger partial charge is 0.418 e. The number of aromatic amines is 1. The van der Waals surface area contributed by atoms with Crippen LogP contribution in [0.4, 0.5) is 18.0 Å². The van der Waals surface area contributed by atoms with Crippen LogP contribution in [0.2, 0.25) is 0 Å². The number of aryl methyl sites for hydroxylation is 1. The highest BCUT2D eigenvalue weighted by atomic mass is 19.4. The van der Waals surface area contributed by atoms with Gasteiger partial charge in [0.2, 0.25) is 5.54 Å². The maximum Gasteiger partial charge on any atom is 0.418 e. The highest BCUT2D eigenvalue weighted by Gasteiger charge is 2.61. The summed E-state index contributed by atoms with van der Waals surface area (Å²) in [5, 5.41) is 30.6. The number of halogens is 3. The maximum atomic E-state index is 15.2. The first-order valence-electron chi connectivity index (χ1n) is 10.3. The van der Waals surface area contributed by atoms with Gasteiger partial charge in [-0.15, -0.1) is 0 Å². The lowest BCUT2D eigenvalue weighted by molar-refractivity contribution is -0.189. The van der Waals surface area contributed by atoms with Crippen LogP contribution in [0.3, 0.4) is 0 Å². The Balaban J connectivity index is 2.18. The van der Waals surface area contributed by atoms with Gasteiger partial charge in [-0.3, -0.25) is 9.88 Å². The van der Waals surface area contributed by atoms with Crippen LogP contribution >= 0.6 is 0 Å². The van der Waals surface area contributed by atoms with Crippen molar-refractivity contribution < 1.29 is 32.9 Å². The Morgan fingerprint density at radius 1 is 1.31 bits per heavy atom. The lowest BCUT2D eigenvalue weighted by Gasteiger charge is -2.37. The number of hydrogen-bond acceptors (Lipinski definition) is 6. The molecule has 0 fully saturated rings. The molecule has 2 heterocycles. The third-order valence-corrected chi connectivity index (χ3v) is 5.82. The summed E-state index contributed by atoms with van der Waals surface area (Å²) in [7, 11) is 1.21.